The van der Waals surface area contributed by atoms with Gasteiger partial charge in [0.15, 0.2) is 5.69 Å². The molecule has 0 saturated heterocycles. The summed E-state index contributed by atoms with van der Waals surface area (Å²) in [7, 11) is 0. The lowest BCUT2D eigenvalue weighted by molar-refractivity contribution is -0.140. The third-order valence-electron chi connectivity index (χ3n) is 3.60. The minimum absolute atomic E-state index is 0.0147. The molecule has 0 spiro atoms. The van der Waals surface area contributed by atoms with E-state index in [0.717, 1.165) is 11.3 Å². The molecule has 0 bridgehead atoms. The number of fused-ring (bicyclic) bond motifs is 1. The highest BCUT2D eigenvalue weighted by Crippen LogP contribution is 2.26. The van der Waals surface area contributed by atoms with Crippen LogP contribution >= 0.6 is 11.6 Å². The van der Waals surface area contributed by atoms with Crippen LogP contribution in [0.2, 0.25) is 0 Å². The van der Waals surface area contributed by atoms with E-state index < -0.39 is 11.4 Å². The first kappa shape index (κ1) is 15.8. The molecule has 1 N–H and O–H groups in total. The lowest BCUT2D eigenvalue weighted by Gasteiger charge is -2.33. The highest BCUT2D eigenvalue weighted by molar-refractivity contribution is 6.19. The maximum atomic E-state index is 12.5. The second-order valence-electron chi connectivity index (χ2n) is 5.74. The van der Waals surface area contributed by atoms with E-state index >= 15 is 0 Å². The van der Waals surface area contributed by atoms with Gasteiger partial charge >= 0.3 is 5.97 Å². The van der Waals surface area contributed by atoms with E-state index in [1.165, 1.54) is 0 Å². The summed E-state index contributed by atoms with van der Waals surface area (Å²) in [6.45, 7) is 6.63. The molecule has 6 nitrogen and oxygen atoms in total. The van der Waals surface area contributed by atoms with E-state index in [4.69, 9.17) is 16.3 Å². The molecule has 2 rings (SSSR count). The molecule has 0 aromatic carbocycles. The van der Waals surface area contributed by atoms with Gasteiger partial charge in [-0.3, -0.25) is 9.89 Å². The molecule has 0 saturated carbocycles. The number of hydrogen-bond acceptors (Lipinski definition) is 4. The zero-order valence-electron chi connectivity index (χ0n) is 12.5. The Morgan fingerprint density at radius 3 is 2.81 bits per heavy atom. The van der Waals surface area contributed by atoms with Crippen LogP contribution in [0.4, 0.5) is 0 Å². The van der Waals surface area contributed by atoms with Crippen molar-refractivity contribution in [2.75, 3.05) is 19.0 Å². The summed E-state index contributed by atoms with van der Waals surface area (Å²) in [5, 5.41) is 6.89. The van der Waals surface area contributed by atoms with Crippen molar-refractivity contribution in [2.24, 2.45) is 5.41 Å². The van der Waals surface area contributed by atoms with E-state index in [1.54, 1.807) is 11.8 Å². The molecule has 2 heterocycles. The summed E-state index contributed by atoms with van der Waals surface area (Å²) in [6, 6.07) is 0. The summed E-state index contributed by atoms with van der Waals surface area (Å²) in [5.41, 5.74) is 1.30. The van der Waals surface area contributed by atoms with Crippen molar-refractivity contribution in [1.29, 1.82) is 0 Å². The topological polar surface area (TPSA) is 75.3 Å². The molecule has 1 amide bonds. The highest BCUT2D eigenvalue weighted by Gasteiger charge is 2.35. The van der Waals surface area contributed by atoms with Crippen LogP contribution in [0.25, 0.3) is 0 Å². The first-order valence-electron chi connectivity index (χ1n) is 6.99. The van der Waals surface area contributed by atoms with Gasteiger partial charge in [-0.2, -0.15) is 5.10 Å². The largest absolute Gasteiger partial charge is 0.461 e. The zero-order valence-corrected chi connectivity index (χ0v) is 13.3. The van der Waals surface area contributed by atoms with Crippen molar-refractivity contribution < 1.29 is 14.3 Å². The van der Waals surface area contributed by atoms with Crippen LogP contribution in [-0.2, 0) is 22.5 Å². The van der Waals surface area contributed by atoms with Gasteiger partial charge in [0.05, 0.1) is 12.0 Å². The molecular formula is C14H20ClN3O3. The summed E-state index contributed by atoms with van der Waals surface area (Å²) in [6.07, 6.45) is 0.645. The van der Waals surface area contributed by atoms with Crippen LogP contribution < -0.4 is 0 Å². The minimum Gasteiger partial charge on any atom is -0.461 e. The Morgan fingerprint density at radius 2 is 2.19 bits per heavy atom. The number of carbonyl (C=O) groups excluding carboxylic acids is 2. The number of nitrogens with zero attached hydrogens (tertiary/aromatic N) is 2. The van der Waals surface area contributed by atoms with E-state index in [2.05, 4.69) is 10.2 Å². The van der Waals surface area contributed by atoms with Gasteiger partial charge in [-0.25, -0.2) is 4.79 Å². The summed E-state index contributed by atoms with van der Waals surface area (Å²) in [5.74, 6) is -0.217. The molecule has 0 fully saturated rings. The Balaban J connectivity index is 2.21. The first-order valence-corrected chi connectivity index (χ1v) is 7.52. The van der Waals surface area contributed by atoms with Gasteiger partial charge in [-0.1, -0.05) is 0 Å². The van der Waals surface area contributed by atoms with E-state index in [1.807, 2.05) is 13.8 Å². The van der Waals surface area contributed by atoms with Crippen molar-refractivity contribution in [3.8, 4) is 0 Å². The predicted molar refractivity (Wildman–Crippen MR) is 78.2 cm³/mol. The number of nitrogens with one attached hydrogen (secondary N) is 1. The monoisotopic (exact) mass is 313 g/mol. The molecule has 7 heteroatoms. The maximum Gasteiger partial charge on any atom is 0.359 e. The van der Waals surface area contributed by atoms with Crippen LogP contribution in [0.3, 0.4) is 0 Å². The number of amides is 1. The van der Waals surface area contributed by atoms with Gasteiger partial charge in [-0.15, -0.1) is 11.6 Å². The van der Waals surface area contributed by atoms with E-state index in [9.17, 15) is 9.59 Å². The van der Waals surface area contributed by atoms with Crippen molar-refractivity contribution in [3.05, 3.63) is 17.0 Å². The predicted octanol–water partition coefficient (Wildman–Crippen LogP) is 1.74. The fourth-order valence-corrected chi connectivity index (χ4v) is 2.44. The molecule has 1 aliphatic heterocycles. The average molecular weight is 314 g/mol. The van der Waals surface area contributed by atoms with Crippen LogP contribution in [0.1, 0.15) is 42.5 Å². The molecular weight excluding hydrogens is 294 g/mol. The Bertz CT molecular complexity index is 554. The SMILES string of the molecule is CCOC(=O)c1n[nH]c2c1CN(C(=O)C(C)(C)CCl)CC2. The molecule has 1 aromatic heterocycles. The third kappa shape index (κ3) is 3.05. The second-order valence-corrected chi connectivity index (χ2v) is 6.01. The van der Waals surface area contributed by atoms with Crippen LogP contribution in [-0.4, -0.2) is 46.0 Å². The average Bonchev–Trinajstić information content (AvgIpc) is 2.89. The van der Waals surface area contributed by atoms with Gasteiger partial charge in [0, 0.05) is 36.6 Å². The number of carbonyl (C=O) groups is 2. The molecule has 1 aliphatic rings. The Hall–Kier alpha value is -1.56. The van der Waals surface area contributed by atoms with Crippen molar-refractivity contribution in [2.45, 2.75) is 33.7 Å². The van der Waals surface area contributed by atoms with Gasteiger partial charge in [0.1, 0.15) is 0 Å². The van der Waals surface area contributed by atoms with Gasteiger partial charge in [-0.05, 0) is 20.8 Å². The maximum absolute atomic E-state index is 12.5. The molecule has 116 valence electrons. The number of ether oxygens (including phenoxy) is 1. The van der Waals surface area contributed by atoms with E-state index in [-0.39, 0.29) is 17.5 Å². The quantitative estimate of drug-likeness (QED) is 0.678. The lowest BCUT2D eigenvalue weighted by Crippen LogP contribution is -2.44. The Morgan fingerprint density at radius 1 is 1.48 bits per heavy atom. The lowest BCUT2D eigenvalue weighted by atomic mass is 9.92. The molecule has 0 aliphatic carbocycles. The first-order chi connectivity index (χ1) is 9.90. The van der Waals surface area contributed by atoms with Crippen molar-refractivity contribution in [1.82, 2.24) is 15.1 Å². The highest BCUT2D eigenvalue weighted by atomic mass is 35.5. The summed E-state index contributed by atoms with van der Waals surface area (Å²) >= 11 is 5.87. The molecule has 0 unspecified atom stereocenters. The number of hydrogen-bond donors (Lipinski definition) is 1. The van der Waals surface area contributed by atoms with Crippen LogP contribution in [0.15, 0.2) is 0 Å². The van der Waals surface area contributed by atoms with E-state index in [0.29, 0.717) is 26.1 Å². The summed E-state index contributed by atoms with van der Waals surface area (Å²) in [4.78, 5) is 26.1. The third-order valence-corrected chi connectivity index (χ3v) is 4.27. The van der Waals surface area contributed by atoms with Gasteiger partial charge in [0.2, 0.25) is 5.91 Å². The standard InChI is InChI=1S/C14H20ClN3O3/c1-4-21-12(19)11-9-7-18(6-5-10(9)16-17-11)13(20)14(2,3)8-15/h4-8H2,1-3H3,(H,16,17). The number of esters is 1. The van der Waals surface area contributed by atoms with Gasteiger partial charge in [0.25, 0.3) is 0 Å². The van der Waals surface area contributed by atoms with Crippen LogP contribution in [0, 0.1) is 5.41 Å². The summed E-state index contributed by atoms with van der Waals surface area (Å²) < 4.78 is 4.99. The van der Waals surface area contributed by atoms with Gasteiger partial charge < -0.3 is 9.64 Å². The Kier molecular flexibility index (Phi) is 4.56. The fourth-order valence-electron chi connectivity index (χ4n) is 2.32. The number of aromatic nitrogens is 2. The Labute approximate surface area is 128 Å². The second kappa shape index (κ2) is 6.05. The minimum atomic E-state index is -0.618. The normalized spacial score (nSPS) is 14.8. The van der Waals surface area contributed by atoms with Crippen molar-refractivity contribution >= 4 is 23.5 Å². The molecule has 0 atom stereocenters. The number of halogens is 1. The molecule has 21 heavy (non-hydrogen) atoms. The molecule has 0 radical (unpaired) electrons. The smallest absolute Gasteiger partial charge is 0.359 e. The molecule has 1 aromatic rings. The number of aromatic amines is 1. The number of alkyl halides is 1. The zero-order chi connectivity index (χ0) is 15.6. The van der Waals surface area contributed by atoms with Crippen LogP contribution in [0.5, 0.6) is 0 Å². The number of rotatable bonds is 4. The van der Waals surface area contributed by atoms with Crippen molar-refractivity contribution in [3.63, 3.8) is 0 Å². The number of H-pyrrole nitrogens is 1. The fraction of sp³-hybridized carbons (Fsp3) is 0.643.